The Morgan fingerprint density at radius 3 is 2.71 bits per heavy atom. The lowest BCUT2D eigenvalue weighted by Crippen LogP contribution is -2.50. The first-order valence-electron chi connectivity index (χ1n) is 5.49. The molecule has 1 rings (SSSR count). The van der Waals surface area contributed by atoms with Gasteiger partial charge in [-0.15, -0.1) is 0 Å². The average Bonchev–Trinajstić information content (AvgIpc) is 2.70. The number of aliphatic carboxylic acids is 1. The van der Waals surface area contributed by atoms with Crippen LogP contribution in [0.15, 0.2) is 0 Å². The van der Waals surface area contributed by atoms with E-state index in [9.17, 15) is 9.59 Å². The molecule has 0 spiro atoms. The highest BCUT2D eigenvalue weighted by molar-refractivity contribution is 8.00. The van der Waals surface area contributed by atoms with E-state index in [1.165, 1.54) is 0 Å². The van der Waals surface area contributed by atoms with Crippen molar-refractivity contribution in [3.8, 4) is 0 Å². The molecular formula is C10H18N2O4S. The molecule has 2 amide bonds. The van der Waals surface area contributed by atoms with Crippen molar-refractivity contribution in [1.82, 2.24) is 10.6 Å². The Morgan fingerprint density at radius 2 is 2.24 bits per heavy atom. The molecule has 98 valence electrons. The quantitative estimate of drug-likeness (QED) is 0.560. The number of carboxylic acids is 1. The Kier molecular flexibility index (Phi) is 5.07. The van der Waals surface area contributed by atoms with Crippen LogP contribution >= 0.6 is 11.8 Å². The summed E-state index contributed by atoms with van der Waals surface area (Å²) in [5, 5.41) is 22.2. The van der Waals surface area contributed by atoms with E-state index in [1.807, 2.05) is 11.8 Å². The summed E-state index contributed by atoms with van der Waals surface area (Å²) in [7, 11) is 0. The minimum atomic E-state index is -1.25. The third-order valence-corrected chi connectivity index (χ3v) is 4.25. The smallest absolute Gasteiger partial charge is 0.328 e. The Morgan fingerprint density at radius 1 is 1.53 bits per heavy atom. The largest absolute Gasteiger partial charge is 0.480 e. The van der Waals surface area contributed by atoms with Crippen LogP contribution in [0.2, 0.25) is 0 Å². The maximum atomic E-state index is 11.4. The summed E-state index contributed by atoms with van der Waals surface area (Å²) >= 11 is 1.81. The molecule has 1 aliphatic heterocycles. The highest BCUT2D eigenvalue weighted by atomic mass is 32.2. The molecule has 7 heteroatoms. The average molecular weight is 262 g/mol. The Balaban J connectivity index is 2.31. The monoisotopic (exact) mass is 262 g/mol. The molecule has 4 N–H and O–H groups in total. The number of aliphatic hydroxyl groups is 1. The van der Waals surface area contributed by atoms with Crippen molar-refractivity contribution in [1.29, 1.82) is 0 Å². The van der Waals surface area contributed by atoms with Crippen LogP contribution < -0.4 is 10.6 Å². The van der Waals surface area contributed by atoms with Gasteiger partial charge in [0, 0.05) is 11.3 Å². The second-order valence-electron chi connectivity index (χ2n) is 4.30. The first-order chi connectivity index (χ1) is 7.97. The summed E-state index contributed by atoms with van der Waals surface area (Å²) in [6.45, 7) is 1.96. The fraction of sp³-hybridized carbons (Fsp3) is 0.800. The zero-order valence-corrected chi connectivity index (χ0v) is 10.5. The van der Waals surface area contributed by atoms with E-state index in [0.29, 0.717) is 6.54 Å². The van der Waals surface area contributed by atoms with Gasteiger partial charge in [0.05, 0.1) is 6.61 Å². The van der Waals surface area contributed by atoms with Crippen molar-refractivity contribution in [2.45, 2.75) is 30.6 Å². The van der Waals surface area contributed by atoms with E-state index < -0.39 is 24.6 Å². The molecule has 2 unspecified atom stereocenters. The van der Waals surface area contributed by atoms with Crippen molar-refractivity contribution in [3.05, 3.63) is 0 Å². The topological polar surface area (TPSA) is 98.7 Å². The molecule has 1 heterocycles. The van der Waals surface area contributed by atoms with Crippen LogP contribution in [0.3, 0.4) is 0 Å². The molecule has 6 nitrogen and oxygen atoms in total. The van der Waals surface area contributed by atoms with Crippen LogP contribution in [0.25, 0.3) is 0 Å². The highest BCUT2D eigenvalue weighted by Gasteiger charge is 2.30. The van der Waals surface area contributed by atoms with Crippen LogP contribution in [0.5, 0.6) is 0 Å². The maximum absolute atomic E-state index is 11.4. The Bertz CT molecular complexity index is 292. The van der Waals surface area contributed by atoms with E-state index in [1.54, 1.807) is 0 Å². The number of hydrogen-bond acceptors (Lipinski definition) is 4. The number of rotatable bonds is 5. The first kappa shape index (κ1) is 14.1. The van der Waals surface area contributed by atoms with Crippen molar-refractivity contribution < 1.29 is 19.8 Å². The Hall–Kier alpha value is -0.950. The van der Waals surface area contributed by atoms with Crippen LogP contribution in [0.1, 0.15) is 19.8 Å². The number of carboxylic acid groups (broad SMARTS) is 1. The minimum Gasteiger partial charge on any atom is -0.480 e. The zero-order chi connectivity index (χ0) is 12.9. The van der Waals surface area contributed by atoms with E-state index in [-0.39, 0.29) is 4.75 Å². The van der Waals surface area contributed by atoms with Gasteiger partial charge in [-0.2, -0.15) is 11.8 Å². The van der Waals surface area contributed by atoms with E-state index >= 15 is 0 Å². The van der Waals surface area contributed by atoms with Gasteiger partial charge >= 0.3 is 12.0 Å². The lowest BCUT2D eigenvalue weighted by Gasteiger charge is -2.23. The number of amides is 2. The molecule has 0 saturated carbocycles. The van der Waals surface area contributed by atoms with Crippen molar-refractivity contribution in [2.24, 2.45) is 0 Å². The molecule has 0 aromatic carbocycles. The lowest BCUT2D eigenvalue weighted by atomic mass is 10.1. The number of thioether (sulfide) groups is 1. The van der Waals surface area contributed by atoms with E-state index in [2.05, 4.69) is 17.6 Å². The fourth-order valence-corrected chi connectivity index (χ4v) is 2.88. The van der Waals surface area contributed by atoms with Gasteiger partial charge in [-0.25, -0.2) is 9.59 Å². The predicted octanol–water partition coefficient (Wildman–Crippen LogP) is 0.0168. The molecule has 1 saturated heterocycles. The molecule has 0 aromatic rings. The molecule has 0 aromatic heterocycles. The zero-order valence-electron chi connectivity index (χ0n) is 9.73. The standard InChI is InChI=1S/C10H18N2O4S/c1-10(3-2-4-17-10)6-11-9(16)12-7(5-13)8(14)15/h7,13H,2-6H2,1H3,(H,14,15)(H2,11,12,16). The molecule has 1 aliphatic rings. The lowest BCUT2D eigenvalue weighted by molar-refractivity contribution is -0.140. The number of urea groups is 1. The summed E-state index contributed by atoms with van der Waals surface area (Å²) in [6, 6.07) is -1.81. The number of hydrogen-bond donors (Lipinski definition) is 4. The van der Waals surface area contributed by atoms with Crippen LogP contribution in [0, 0.1) is 0 Å². The van der Waals surface area contributed by atoms with Gasteiger partial charge in [0.1, 0.15) is 0 Å². The summed E-state index contributed by atoms with van der Waals surface area (Å²) in [4.78, 5) is 22.0. The van der Waals surface area contributed by atoms with Gasteiger partial charge in [-0.3, -0.25) is 0 Å². The number of carbonyl (C=O) groups excluding carboxylic acids is 1. The summed E-state index contributed by atoms with van der Waals surface area (Å²) < 4.78 is 0.0370. The first-order valence-corrected chi connectivity index (χ1v) is 6.47. The number of nitrogens with one attached hydrogen (secondary N) is 2. The van der Waals surface area contributed by atoms with Crippen molar-refractivity contribution in [3.63, 3.8) is 0 Å². The molecule has 2 atom stereocenters. The molecule has 17 heavy (non-hydrogen) atoms. The maximum Gasteiger partial charge on any atom is 0.328 e. The van der Waals surface area contributed by atoms with Gasteiger partial charge in [0.25, 0.3) is 0 Å². The summed E-state index contributed by atoms with van der Waals surface area (Å²) in [5.74, 6) is -0.155. The molecular weight excluding hydrogens is 244 g/mol. The fourth-order valence-electron chi connectivity index (χ4n) is 1.64. The van der Waals surface area contributed by atoms with Crippen LogP contribution in [0.4, 0.5) is 4.79 Å². The van der Waals surface area contributed by atoms with E-state index in [0.717, 1.165) is 18.6 Å². The van der Waals surface area contributed by atoms with Crippen molar-refractivity contribution in [2.75, 3.05) is 18.9 Å². The predicted molar refractivity (Wildman–Crippen MR) is 65.1 cm³/mol. The van der Waals surface area contributed by atoms with Crippen LogP contribution in [-0.4, -0.2) is 51.9 Å². The number of aliphatic hydroxyl groups excluding tert-OH is 1. The van der Waals surface area contributed by atoms with E-state index in [4.69, 9.17) is 10.2 Å². The molecule has 0 bridgehead atoms. The summed E-state index contributed by atoms with van der Waals surface area (Å²) in [5.41, 5.74) is 0. The molecule has 1 fully saturated rings. The van der Waals surface area contributed by atoms with Crippen molar-refractivity contribution >= 4 is 23.8 Å². The van der Waals surface area contributed by atoms with Gasteiger partial charge in [-0.1, -0.05) is 0 Å². The normalized spacial score (nSPS) is 25.3. The molecule has 0 radical (unpaired) electrons. The second kappa shape index (κ2) is 6.11. The van der Waals surface area contributed by atoms with Gasteiger partial charge in [0.15, 0.2) is 6.04 Å². The third kappa shape index (κ3) is 4.43. The highest BCUT2D eigenvalue weighted by Crippen LogP contribution is 2.36. The Labute approximate surface area is 104 Å². The van der Waals surface area contributed by atoms with Gasteiger partial charge < -0.3 is 20.8 Å². The van der Waals surface area contributed by atoms with Gasteiger partial charge in [-0.05, 0) is 25.5 Å². The SMILES string of the molecule is CC1(CNC(=O)NC(CO)C(=O)O)CCCS1. The second-order valence-corrected chi connectivity index (χ2v) is 5.98. The third-order valence-electron chi connectivity index (χ3n) is 2.71. The molecule has 0 aliphatic carbocycles. The van der Waals surface area contributed by atoms with Gasteiger partial charge in [0.2, 0.25) is 0 Å². The van der Waals surface area contributed by atoms with Crippen LogP contribution in [-0.2, 0) is 4.79 Å². The summed E-state index contributed by atoms with van der Waals surface area (Å²) in [6.07, 6.45) is 2.18. The minimum absolute atomic E-state index is 0.0370. The number of carbonyl (C=O) groups is 2.